The van der Waals surface area contributed by atoms with Gasteiger partial charge in [0.05, 0.1) is 20.6 Å². The summed E-state index contributed by atoms with van der Waals surface area (Å²) in [6.45, 7) is 1.52. The molecule has 132 valence electrons. The third-order valence-corrected chi connectivity index (χ3v) is 4.16. The van der Waals surface area contributed by atoms with E-state index in [0.717, 1.165) is 24.2 Å². The second-order valence-electron chi connectivity index (χ2n) is 5.75. The zero-order valence-corrected chi connectivity index (χ0v) is 14.3. The molecule has 1 aliphatic rings. The fourth-order valence-corrected chi connectivity index (χ4v) is 2.69. The number of amides is 1. The van der Waals surface area contributed by atoms with Gasteiger partial charge in [-0.3, -0.25) is 9.59 Å². The summed E-state index contributed by atoms with van der Waals surface area (Å²) in [7, 11) is 2.98. The second kappa shape index (κ2) is 9.27. The predicted octanol–water partition coefficient (Wildman–Crippen LogP) is 1.81. The number of benzene rings is 1. The first kappa shape index (κ1) is 18.3. The molecule has 0 aliphatic carbocycles. The number of ether oxygens (including phenoxy) is 3. The molecule has 1 atom stereocenters. The minimum absolute atomic E-state index is 0.0371. The summed E-state index contributed by atoms with van der Waals surface area (Å²) in [5.41, 5.74) is 1.11. The van der Waals surface area contributed by atoms with Gasteiger partial charge in [0.25, 0.3) is 5.91 Å². The van der Waals surface area contributed by atoms with Crippen molar-refractivity contribution in [1.82, 2.24) is 4.90 Å². The van der Waals surface area contributed by atoms with Gasteiger partial charge < -0.3 is 19.1 Å². The van der Waals surface area contributed by atoms with Crippen LogP contribution in [0.3, 0.4) is 0 Å². The Hall–Kier alpha value is -2.08. The van der Waals surface area contributed by atoms with E-state index in [4.69, 9.17) is 9.47 Å². The Bertz CT molecular complexity index is 537. The van der Waals surface area contributed by atoms with Crippen LogP contribution in [-0.2, 0) is 25.5 Å². The topological polar surface area (TPSA) is 65.1 Å². The molecule has 0 aromatic heterocycles. The van der Waals surface area contributed by atoms with Crippen LogP contribution in [0.5, 0.6) is 5.75 Å². The van der Waals surface area contributed by atoms with Crippen LogP contribution in [0.25, 0.3) is 0 Å². The summed E-state index contributed by atoms with van der Waals surface area (Å²) in [4.78, 5) is 25.7. The molecular weight excluding hydrogens is 310 g/mol. The van der Waals surface area contributed by atoms with Gasteiger partial charge in [0.1, 0.15) is 11.9 Å². The highest BCUT2D eigenvalue weighted by atomic mass is 16.5. The first-order chi connectivity index (χ1) is 11.6. The summed E-state index contributed by atoms with van der Waals surface area (Å²) < 4.78 is 15.3. The van der Waals surface area contributed by atoms with Gasteiger partial charge in [-0.05, 0) is 37.0 Å². The van der Waals surface area contributed by atoms with E-state index in [9.17, 15) is 9.59 Å². The zero-order chi connectivity index (χ0) is 17.4. The molecule has 0 bridgehead atoms. The molecule has 24 heavy (non-hydrogen) atoms. The normalized spacial score (nSPS) is 16.7. The van der Waals surface area contributed by atoms with E-state index in [-0.39, 0.29) is 24.4 Å². The largest absolute Gasteiger partial charge is 0.497 e. The zero-order valence-electron chi connectivity index (χ0n) is 14.3. The molecule has 0 saturated carbocycles. The van der Waals surface area contributed by atoms with Crippen molar-refractivity contribution in [2.45, 2.75) is 31.8 Å². The molecule has 6 nitrogen and oxygen atoms in total. The van der Waals surface area contributed by atoms with Crippen molar-refractivity contribution in [2.24, 2.45) is 0 Å². The molecule has 2 rings (SSSR count). The quantitative estimate of drug-likeness (QED) is 0.678. The van der Waals surface area contributed by atoms with Gasteiger partial charge in [0, 0.05) is 19.7 Å². The lowest BCUT2D eigenvalue weighted by Gasteiger charge is -2.25. The Kier molecular flexibility index (Phi) is 7.06. The van der Waals surface area contributed by atoms with Crippen molar-refractivity contribution < 1.29 is 23.8 Å². The minimum Gasteiger partial charge on any atom is -0.497 e. The molecule has 1 saturated heterocycles. The number of hydrogen-bond donors (Lipinski definition) is 0. The van der Waals surface area contributed by atoms with Gasteiger partial charge in [-0.1, -0.05) is 12.1 Å². The molecule has 1 fully saturated rings. The molecule has 1 aromatic carbocycles. The molecule has 1 unspecified atom stereocenters. The molecule has 1 aliphatic heterocycles. The Balaban J connectivity index is 1.95. The molecule has 1 amide bonds. The van der Waals surface area contributed by atoms with Crippen LogP contribution in [0.2, 0.25) is 0 Å². The van der Waals surface area contributed by atoms with E-state index in [1.807, 2.05) is 24.3 Å². The van der Waals surface area contributed by atoms with Crippen molar-refractivity contribution in [3.63, 3.8) is 0 Å². The molecule has 1 heterocycles. The maximum atomic E-state index is 12.6. The third kappa shape index (κ3) is 5.23. The molecule has 0 N–H and O–H groups in total. The number of carbonyl (C=O) groups excluding carboxylic acids is 2. The lowest BCUT2D eigenvalue weighted by Crippen LogP contribution is -2.41. The van der Waals surface area contributed by atoms with Crippen LogP contribution >= 0.6 is 0 Å². The molecule has 6 heteroatoms. The fraction of sp³-hybridized carbons (Fsp3) is 0.556. The number of carbonyl (C=O) groups is 2. The summed E-state index contributed by atoms with van der Waals surface area (Å²) in [6, 6.07) is 7.76. The van der Waals surface area contributed by atoms with Crippen molar-refractivity contribution in [3.05, 3.63) is 29.8 Å². The van der Waals surface area contributed by atoms with Crippen LogP contribution in [-0.4, -0.2) is 56.8 Å². The SMILES string of the molecule is COC(=O)CCN(CCc1ccc(OC)cc1)C(=O)C1CCCO1. The number of hydrogen-bond acceptors (Lipinski definition) is 5. The van der Waals surface area contributed by atoms with Gasteiger partial charge in [-0.25, -0.2) is 0 Å². The van der Waals surface area contributed by atoms with Gasteiger partial charge in [0.2, 0.25) is 0 Å². The molecular formula is C18H25NO5. The standard InChI is InChI=1S/C18H25NO5/c1-22-15-7-5-14(6-8-15)9-11-19(12-10-17(20)23-2)18(21)16-4-3-13-24-16/h5-8,16H,3-4,9-13H2,1-2H3. The summed E-state index contributed by atoms with van der Waals surface area (Å²) in [5.74, 6) is 0.450. The average Bonchev–Trinajstić information content (AvgIpc) is 3.16. The maximum Gasteiger partial charge on any atom is 0.307 e. The maximum absolute atomic E-state index is 12.6. The van der Waals surface area contributed by atoms with Crippen molar-refractivity contribution >= 4 is 11.9 Å². The van der Waals surface area contributed by atoms with Gasteiger partial charge in [0.15, 0.2) is 0 Å². The van der Waals surface area contributed by atoms with Crippen molar-refractivity contribution in [2.75, 3.05) is 33.9 Å². The van der Waals surface area contributed by atoms with E-state index in [2.05, 4.69) is 4.74 Å². The lowest BCUT2D eigenvalue weighted by atomic mass is 10.1. The number of esters is 1. The van der Waals surface area contributed by atoms with Crippen LogP contribution in [0.15, 0.2) is 24.3 Å². The Labute approximate surface area is 142 Å². The van der Waals surface area contributed by atoms with Crippen LogP contribution in [0, 0.1) is 0 Å². The van der Waals surface area contributed by atoms with Gasteiger partial charge >= 0.3 is 5.97 Å². The first-order valence-corrected chi connectivity index (χ1v) is 8.24. The van der Waals surface area contributed by atoms with Gasteiger partial charge in [-0.2, -0.15) is 0 Å². The van der Waals surface area contributed by atoms with E-state index in [0.29, 0.717) is 26.1 Å². The average molecular weight is 335 g/mol. The number of nitrogens with zero attached hydrogens (tertiary/aromatic N) is 1. The summed E-state index contributed by atoms with van der Waals surface area (Å²) in [6.07, 6.45) is 2.18. The first-order valence-electron chi connectivity index (χ1n) is 8.24. The van der Waals surface area contributed by atoms with E-state index >= 15 is 0 Å². The highest BCUT2D eigenvalue weighted by molar-refractivity contribution is 5.81. The number of methoxy groups -OCH3 is 2. The number of rotatable bonds is 8. The Morgan fingerprint density at radius 2 is 1.96 bits per heavy atom. The summed E-state index contributed by atoms with van der Waals surface area (Å²) >= 11 is 0. The van der Waals surface area contributed by atoms with Crippen molar-refractivity contribution in [3.8, 4) is 5.75 Å². The van der Waals surface area contributed by atoms with Crippen molar-refractivity contribution in [1.29, 1.82) is 0 Å². The second-order valence-corrected chi connectivity index (χ2v) is 5.75. The monoisotopic (exact) mass is 335 g/mol. The van der Waals surface area contributed by atoms with E-state index in [1.165, 1.54) is 7.11 Å². The third-order valence-electron chi connectivity index (χ3n) is 4.16. The molecule has 1 aromatic rings. The molecule has 0 radical (unpaired) electrons. The predicted molar refractivity (Wildman–Crippen MR) is 88.9 cm³/mol. The van der Waals surface area contributed by atoms with Crippen LogP contribution in [0.4, 0.5) is 0 Å². The van der Waals surface area contributed by atoms with E-state index < -0.39 is 0 Å². The lowest BCUT2D eigenvalue weighted by molar-refractivity contribution is -0.144. The Morgan fingerprint density at radius 1 is 1.21 bits per heavy atom. The Morgan fingerprint density at radius 3 is 2.54 bits per heavy atom. The van der Waals surface area contributed by atoms with E-state index in [1.54, 1.807) is 12.0 Å². The van der Waals surface area contributed by atoms with Crippen LogP contribution < -0.4 is 4.74 Å². The molecule has 0 spiro atoms. The fourth-order valence-electron chi connectivity index (χ4n) is 2.69. The highest BCUT2D eigenvalue weighted by Gasteiger charge is 2.28. The summed E-state index contributed by atoms with van der Waals surface area (Å²) in [5, 5.41) is 0. The van der Waals surface area contributed by atoms with Crippen LogP contribution in [0.1, 0.15) is 24.8 Å². The smallest absolute Gasteiger partial charge is 0.307 e. The highest BCUT2D eigenvalue weighted by Crippen LogP contribution is 2.16. The van der Waals surface area contributed by atoms with Gasteiger partial charge in [-0.15, -0.1) is 0 Å². The minimum atomic E-state index is -0.376.